The van der Waals surface area contributed by atoms with Gasteiger partial charge in [-0.2, -0.15) is 0 Å². The summed E-state index contributed by atoms with van der Waals surface area (Å²) in [6.07, 6.45) is 3.31. The third-order valence-electron chi connectivity index (χ3n) is 5.95. The number of amides is 2. The number of carbonyl (C=O) groups excluding carboxylic acids is 2. The van der Waals surface area contributed by atoms with Crippen LogP contribution in [0.15, 0.2) is 72.9 Å². The molecule has 1 aliphatic heterocycles. The van der Waals surface area contributed by atoms with E-state index in [-0.39, 0.29) is 18.3 Å². The fraction of sp³-hybridized carbons (Fsp3) is 0.240. The lowest BCUT2D eigenvalue weighted by Crippen LogP contribution is -2.53. The van der Waals surface area contributed by atoms with Gasteiger partial charge >= 0.3 is 0 Å². The van der Waals surface area contributed by atoms with E-state index < -0.39 is 11.3 Å². The summed E-state index contributed by atoms with van der Waals surface area (Å²) < 4.78 is 14.1. The maximum Gasteiger partial charge on any atom is 0.272 e. The Morgan fingerprint density at radius 1 is 1.03 bits per heavy atom. The van der Waals surface area contributed by atoms with E-state index in [0.717, 1.165) is 11.1 Å². The molecule has 2 aromatic carbocycles. The second kappa shape index (κ2) is 8.68. The van der Waals surface area contributed by atoms with E-state index in [9.17, 15) is 14.0 Å². The Kier molecular flexibility index (Phi) is 5.80. The van der Waals surface area contributed by atoms with Crippen molar-refractivity contribution in [3.8, 4) is 11.1 Å². The Morgan fingerprint density at radius 2 is 1.77 bits per heavy atom. The Morgan fingerprint density at radius 3 is 2.45 bits per heavy atom. The van der Waals surface area contributed by atoms with E-state index >= 15 is 0 Å². The van der Waals surface area contributed by atoms with Crippen LogP contribution in [-0.4, -0.2) is 34.8 Å². The molecule has 0 unspecified atom stereocenters. The van der Waals surface area contributed by atoms with Gasteiger partial charge in [-0.05, 0) is 48.6 Å². The van der Waals surface area contributed by atoms with Gasteiger partial charge in [-0.15, -0.1) is 0 Å². The minimum absolute atomic E-state index is 0.194. The van der Waals surface area contributed by atoms with Crippen LogP contribution in [0, 0.1) is 11.2 Å². The van der Waals surface area contributed by atoms with Crippen molar-refractivity contribution in [2.24, 2.45) is 11.1 Å². The number of primary amides is 1. The predicted molar refractivity (Wildman–Crippen MR) is 117 cm³/mol. The lowest BCUT2D eigenvalue weighted by atomic mass is 9.74. The van der Waals surface area contributed by atoms with Crippen LogP contribution in [0.25, 0.3) is 11.1 Å². The third-order valence-corrected chi connectivity index (χ3v) is 5.95. The summed E-state index contributed by atoms with van der Waals surface area (Å²) in [6, 6.07) is 19.3. The van der Waals surface area contributed by atoms with Gasteiger partial charge in [0, 0.05) is 24.8 Å². The highest BCUT2D eigenvalue weighted by Crippen LogP contribution is 2.35. The molecule has 3 aromatic rings. The quantitative estimate of drug-likeness (QED) is 0.685. The van der Waals surface area contributed by atoms with Crippen LogP contribution < -0.4 is 5.73 Å². The van der Waals surface area contributed by atoms with Gasteiger partial charge in [0.25, 0.3) is 5.91 Å². The fourth-order valence-electron chi connectivity index (χ4n) is 4.28. The first-order valence-corrected chi connectivity index (χ1v) is 10.3. The van der Waals surface area contributed by atoms with E-state index in [1.807, 2.05) is 24.3 Å². The Balaban J connectivity index is 1.55. The molecular formula is C25H24FN3O2. The van der Waals surface area contributed by atoms with Gasteiger partial charge < -0.3 is 10.6 Å². The Hall–Kier alpha value is -3.54. The third kappa shape index (κ3) is 4.33. The molecule has 1 aliphatic rings. The molecular weight excluding hydrogens is 393 g/mol. The summed E-state index contributed by atoms with van der Waals surface area (Å²) in [6.45, 7) is 0.823. The number of aromatic nitrogens is 1. The SMILES string of the molecule is NC(=O)[C@@]1(Cc2ccc(-c3ccccc3F)cc2)CCCN(C(=O)c2ccccn2)C1. The molecule has 0 aliphatic carbocycles. The molecule has 0 spiro atoms. The zero-order valence-electron chi connectivity index (χ0n) is 17.1. The van der Waals surface area contributed by atoms with E-state index in [2.05, 4.69) is 4.98 Å². The first-order chi connectivity index (χ1) is 15.0. The summed E-state index contributed by atoms with van der Waals surface area (Å²) in [5.41, 5.74) is 7.59. The highest BCUT2D eigenvalue weighted by molar-refractivity contribution is 5.93. The van der Waals surface area contributed by atoms with Crippen molar-refractivity contribution in [3.05, 3.63) is 90.0 Å². The molecule has 6 heteroatoms. The minimum atomic E-state index is -0.845. The minimum Gasteiger partial charge on any atom is -0.369 e. The van der Waals surface area contributed by atoms with Crippen molar-refractivity contribution in [1.29, 1.82) is 0 Å². The zero-order valence-corrected chi connectivity index (χ0v) is 17.1. The van der Waals surface area contributed by atoms with Crippen molar-refractivity contribution in [2.45, 2.75) is 19.3 Å². The molecule has 0 saturated carbocycles. The average Bonchev–Trinajstić information content (AvgIpc) is 2.80. The Labute approximate surface area is 180 Å². The summed E-state index contributed by atoms with van der Waals surface area (Å²) in [5, 5.41) is 0. The Bertz CT molecular complexity index is 1090. The summed E-state index contributed by atoms with van der Waals surface area (Å²) in [7, 11) is 0. The van der Waals surface area contributed by atoms with E-state index in [1.165, 1.54) is 6.07 Å². The molecule has 31 heavy (non-hydrogen) atoms. The van der Waals surface area contributed by atoms with Crippen LogP contribution in [0.1, 0.15) is 28.9 Å². The number of nitrogens with zero attached hydrogens (tertiary/aromatic N) is 2. The van der Waals surface area contributed by atoms with Gasteiger partial charge in [0.15, 0.2) is 0 Å². The zero-order chi connectivity index (χ0) is 21.8. The number of benzene rings is 2. The van der Waals surface area contributed by atoms with Crippen LogP contribution in [0.2, 0.25) is 0 Å². The number of pyridine rings is 1. The van der Waals surface area contributed by atoms with Crippen molar-refractivity contribution in [1.82, 2.24) is 9.88 Å². The second-order valence-electron chi connectivity index (χ2n) is 8.04. The number of carbonyl (C=O) groups is 2. The summed E-state index contributed by atoms with van der Waals surface area (Å²) >= 11 is 0. The predicted octanol–water partition coefficient (Wildman–Crippen LogP) is 3.84. The number of halogens is 1. The number of hydrogen-bond donors (Lipinski definition) is 1. The van der Waals surface area contributed by atoms with Crippen LogP contribution >= 0.6 is 0 Å². The highest BCUT2D eigenvalue weighted by atomic mass is 19.1. The van der Waals surface area contributed by atoms with E-state index in [0.29, 0.717) is 37.1 Å². The molecule has 1 fully saturated rings. The lowest BCUT2D eigenvalue weighted by Gasteiger charge is -2.40. The number of hydrogen-bond acceptors (Lipinski definition) is 3. The van der Waals surface area contributed by atoms with Crippen molar-refractivity contribution in [3.63, 3.8) is 0 Å². The molecule has 0 bridgehead atoms. The molecule has 2 heterocycles. The topological polar surface area (TPSA) is 76.3 Å². The summed E-state index contributed by atoms with van der Waals surface area (Å²) in [5.74, 6) is -0.884. The first kappa shape index (κ1) is 20.7. The number of rotatable bonds is 5. The highest BCUT2D eigenvalue weighted by Gasteiger charge is 2.42. The number of nitrogens with two attached hydrogens (primary N) is 1. The average molecular weight is 417 g/mol. The van der Waals surface area contributed by atoms with Gasteiger partial charge in [-0.25, -0.2) is 4.39 Å². The molecule has 2 N–H and O–H groups in total. The summed E-state index contributed by atoms with van der Waals surface area (Å²) in [4.78, 5) is 31.2. The van der Waals surface area contributed by atoms with Gasteiger partial charge in [0.1, 0.15) is 11.5 Å². The maximum atomic E-state index is 14.1. The molecule has 1 saturated heterocycles. The fourth-order valence-corrected chi connectivity index (χ4v) is 4.28. The molecule has 1 atom stereocenters. The second-order valence-corrected chi connectivity index (χ2v) is 8.04. The van der Waals surface area contributed by atoms with Crippen LogP contribution in [-0.2, 0) is 11.2 Å². The van der Waals surface area contributed by atoms with Crippen molar-refractivity contribution < 1.29 is 14.0 Å². The molecule has 0 radical (unpaired) electrons. The number of piperidine rings is 1. The first-order valence-electron chi connectivity index (χ1n) is 10.3. The number of likely N-dealkylation sites (tertiary alicyclic amines) is 1. The largest absolute Gasteiger partial charge is 0.369 e. The van der Waals surface area contributed by atoms with Crippen molar-refractivity contribution >= 4 is 11.8 Å². The van der Waals surface area contributed by atoms with Crippen LogP contribution in [0.5, 0.6) is 0 Å². The molecule has 1 aromatic heterocycles. The smallest absolute Gasteiger partial charge is 0.272 e. The molecule has 4 rings (SSSR count). The standard InChI is InChI=1S/C25H24FN3O2/c26-21-7-2-1-6-20(21)19-11-9-18(10-12-19)16-25(24(27)31)13-5-15-29(17-25)23(30)22-8-3-4-14-28-22/h1-4,6-12,14H,5,13,15-17H2,(H2,27,31)/t25-/m1/s1. The monoisotopic (exact) mass is 417 g/mol. The maximum absolute atomic E-state index is 14.1. The van der Waals surface area contributed by atoms with Gasteiger partial charge in [0.2, 0.25) is 5.91 Å². The van der Waals surface area contributed by atoms with E-state index in [1.54, 1.807) is 47.5 Å². The lowest BCUT2D eigenvalue weighted by molar-refractivity contribution is -0.130. The van der Waals surface area contributed by atoms with Gasteiger partial charge in [0.05, 0.1) is 5.41 Å². The molecule has 5 nitrogen and oxygen atoms in total. The van der Waals surface area contributed by atoms with Gasteiger partial charge in [-0.3, -0.25) is 14.6 Å². The van der Waals surface area contributed by atoms with Crippen molar-refractivity contribution in [2.75, 3.05) is 13.1 Å². The van der Waals surface area contributed by atoms with Gasteiger partial charge in [-0.1, -0.05) is 48.5 Å². The molecule has 2 amide bonds. The normalized spacial score (nSPS) is 18.5. The van der Waals surface area contributed by atoms with Crippen LogP contribution in [0.3, 0.4) is 0 Å². The van der Waals surface area contributed by atoms with Crippen LogP contribution in [0.4, 0.5) is 4.39 Å². The van der Waals surface area contributed by atoms with E-state index in [4.69, 9.17) is 5.73 Å². The molecule has 158 valence electrons.